The van der Waals surface area contributed by atoms with Gasteiger partial charge in [-0.2, -0.15) is 0 Å². The van der Waals surface area contributed by atoms with Crippen LogP contribution in [0.2, 0.25) is 0 Å². The molecule has 5 heterocycles. The van der Waals surface area contributed by atoms with Gasteiger partial charge in [0.1, 0.15) is 0 Å². The van der Waals surface area contributed by atoms with Gasteiger partial charge >= 0.3 is 0 Å². The SMILES string of the molecule is CN1CC2CN(c3ncc(-c4ccc5ncc6c(c5c4)C4(CCC4)C(=O)N6C)cc3NS(C)(=O)=O)CC2C1. The van der Waals surface area contributed by atoms with Crippen molar-refractivity contribution in [2.24, 2.45) is 11.8 Å². The lowest BCUT2D eigenvalue weighted by Crippen LogP contribution is -2.43. The first-order chi connectivity index (χ1) is 18.1. The Kier molecular flexibility index (Phi) is 5.10. The molecule has 7 rings (SSSR count). The van der Waals surface area contributed by atoms with Crippen LogP contribution in [-0.2, 0) is 20.2 Å². The van der Waals surface area contributed by atoms with Crippen molar-refractivity contribution in [3.05, 3.63) is 42.2 Å². The van der Waals surface area contributed by atoms with Gasteiger partial charge in [-0.15, -0.1) is 0 Å². The number of carbonyl (C=O) groups is 1. The van der Waals surface area contributed by atoms with Gasteiger partial charge in [-0.05, 0) is 55.5 Å². The molecule has 2 saturated heterocycles. The number of anilines is 3. The third kappa shape index (κ3) is 3.53. The molecule has 0 bridgehead atoms. The van der Waals surface area contributed by atoms with Crippen molar-refractivity contribution in [1.82, 2.24) is 14.9 Å². The molecule has 2 atom stereocenters. The maximum atomic E-state index is 13.2. The van der Waals surface area contributed by atoms with Crippen molar-refractivity contribution in [2.45, 2.75) is 24.7 Å². The number of nitrogens with zero attached hydrogens (tertiary/aromatic N) is 5. The third-order valence-electron chi connectivity index (χ3n) is 9.07. The number of sulfonamides is 1. The number of hydrogen-bond donors (Lipinski definition) is 1. The Morgan fingerprint density at radius 1 is 0.974 bits per heavy atom. The van der Waals surface area contributed by atoms with Crippen LogP contribution in [0.3, 0.4) is 0 Å². The highest BCUT2D eigenvalue weighted by Crippen LogP contribution is 2.55. The van der Waals surface area contributed by atoms with Crippen molar-refractivity contribution >= 4 is 44.0 Å². The van der Waals surface area contributed by atoms with Crippen LogP contribution in [0.4, 0.5) is 17.2 Å². The fourth-order valence-corrected chi connectivity index (χ4v) is 7.74. The van der Waals surface area contributed by atoms with Crippen LogP contribution >= 0.6 is 0 Å². The highest BCUT2D eigenvalue weighted by atomic mass is 32.2. The first-order valence-corrected chi connectivity index (χ1v) is 15.2. The summed E-state index contributed by atoms with van der Waals surface area (Å²) in [6.07, 6.45) is 7.58. The molecule has 3 aliphatic heterocycles. The van der Waals surface area contributed by atoms with E-state index in [0.29, 0.717) is 23.3 Å². The van der Waals surface area contributed by atoms with Gasteiger partial charge < -0.3 is 14.7 Å². The maximum Gasteiger partial charge on any atom is 0.237 e. The second-order valence-electron chi connectivity index (χ2n) is 11.7. The average Bonchev–Trinajstić information content (AvgIpc) is 3.45. The number of carbonyl (C=O) groups excluding carboxylic acids is 1. The number of fused-ring (bicyclic) bond motifs is 5. The molecular weight excluding hydrogens is 500 g/mol. The average molecular weight is 533 g/mol. The van der Waals surface area contributed by atoms with E-state index < -0.39 is 15.4 Å². The smallest absolute Gasteiger partial charge is 0.237 e. The second kappa shape index (κ2) is 8.13. The van der Waals surface area contributed by atoms with Crippen LogP contribution in [0.1, 0.15) is 24.8 Å². The van der Waals surface area contributed by atoms with Crippen molar-refractivity contribution in [3.63, 3.8) is 0 Å². The summed E-state index contributed by atoms with van der Waals surface area (Å²) in [7, 11) is 0.490. The van der Waals surface area contributed by atoms with Gasteiger partial charge in [-0.3, -0.25) is 14.5 Å². The number of aromatic nitrogens is 2. The Bertz CT molecular complexity index is 1590. The number of nitrogens with one attached hydrogen (secondary N) is 1. The van der Waals surface area contributed by atoms with Gasteiger partial charge in [0.05, 0.1) is 34.8 Å². The van der Waals surface area contributed by atoms with Crippen molar-refractivity contribution in [2.75, 3.05) is 61.1 Å². The molecule has 38 heavy (non-hydrogen) atoms. The molecule has 3 aromatic rings. The van der Waals surface area contributed by atoms with E-state index in [1.165, 1.54) is 6.26 Å². The summed E-state index contributed by atoms with van der Waals surface area (Å²) in [5.74, 6) is 1.98. The Morgan fingerprint density at radius 2 is 1.71 bits per heavy atom. The van der Waals surface area contributed by atoms with Crippen LogP contribution < -0.4 is 14.5 Å². The lowest BCUT2D eigenvalue weighted by atomic mass is 9.64. The van der Waals surface area contributed by atoms with Gasteiger partial charge in [0.15, 0.2) is 5.82 Å². The number of hydrogen-bond acceptors (Lipinski definition) is 7. The van der Waals surface area contributed by atoms with Gasteiger partial charge in [0.25, 0.3) is 0 Å². The molecule has 1 spiro atoms. The molecular formula is C28H32N6O3S. The molecule has 9 nitrogen and oxygen atoms in total. The van der Waals surface area contributed by atoms with E-state index in [1.807, 2.05) is 37.6 Å². The number of likely N-dealkylation sites (N-methyl/N-ethyl adjacent to an activating group) is 1. The van der Waals surface area contributed by atoms with Gasteiger partial charge in [0.2, 0.25) is 15.9 Å². The van der Waals surface area contributed by atoms with Crippen LogP contribution in [0.5, 0.6) is 0 Å². The molecule has 1 amide bonds. The molecule has 10 heteroatoms. The minimum absolute atomic E-state index is 0.158. The zero-order valence-electron chi connectivity index (χ0n) is 21.9. The Labute approximate surface area is 222 Å². The Balaban J connectivity index is 1.31. The van der Waals surface area contributed by atoms with Crippen LogP contribution in [0.25, 0.3) is 22.0 Å². The highest BCUT2D eigenvalue weighted by molar-refractivity contribution is 7.92. The zero-order chi connectivity index (χ0) is 26.4. The molecule has 2 aromatic heterocycles. The van der Waals surface area contributed by atoms with E-state index in [2.05, 4.69) is 32.6 Å². The quantitative estimate of drug-likeness (QED) is 0.551. The first kappa shape index (κ1) is 23.8. The molecule has 0 radical (unpaired) electrons. The van der Waals surface area contributed by atoms with Crippen molar-refractivity contribution in [1.29, 1.82) is 0 Å². The van der Waals surface area contributed by atoms with Crippen molar-refractivity contribution in [3.8, 4) is 11.1 Å². The van der Waals surface area contributed by atoms with E-state index in [1.54, 1.807) is 4.90 Å². The maximum absolute atomic E-state index is 13.2. The molecule has 1 aromatic carbocycles. The first-order valence-electron chi connectivity index (χ1n) is 13.3. The van der Waals surface area contributed by atoms with E-state index in [9.17, 15) is 13.2 Å². The molecule has 1 saturated carbocycles. The summed E-state index contributed by atoms with van der Waals surface area (Å²) in [4.78, 5) is 29.0. The van der Waals surface area contributed by atoms with E-state index >= 15 is 0 Å². The monoisotopic (exact) mass is 532 g/mol. The second-order valence-corrected chi connectivity index (χ2v) is 13.4. The van der Waals surface area contributed by atoms with Gasteiger partial charge in [-0.25, -0.2) is 13.4 Å². The number of likely N-dealkylation sites (tertiary alicyclic amines) is 1. The summed E-state index contributed by atoms with van der Waals surface area (Å²) >= 11 is 0. The largest absolute Gasteiger partial charge is 0.354 e. The minimum Gasteiger partial charge on any atom is -0.354 e. The highest BCUT2D eigenvalue weighted by Gasteiger charge is 2.54. The molecule has 3 fully saturated rings. The predicted octanol–water partition coefficient (Wildman–Crippen LogP) is 3.06. The molecule has 4 aliphatic rings. The lowest BCUT2D eigenvalue weighted by Gasteiger charge is -2.37. The lowest BCUT2D eigenvalue weighted by molar-refractivity contribution is -0.125. The van der Waals surface area contributed by atoms with Crippen LogP contribution in [0.15, 0.2) is 36.7 Å². The van der Waals surface area contributed by atoms with E-state index in [-0.39, 0.29) is 5.91 Å². The third-order valence-corrected chi connectivity index (χ3v) is 9.66. The summed E-state index contributed by atoms with van der Waals surface area (Å²) in [5.41, 5.74) is 4.61. The number of benzene rings is 1. The number of amides is 1. The van der Waals surface area contributed by atoms with Crippen LogP contribution in [0, 0.1) is 11.8 Å². The fraction of sp³-hybridized carbons (Fsp3) is 0.464. The topological polar surface area (TPSA) is 98.7 Å². The predicted molar refractivity (Wildman–Crippen MR) is 149 cm³/mol. The molecule has 1 aliphatic carbocycles. The molecule has 198 valence electrons. The van der Waals surface area contributed by atoms with Gasteiger partial charge in [-0.1, -0.05) is 12.5 Å². The van der Waals surface area contributed by atoms with Gasteiger partial charge in [0, 0.05) is 55.9 Å². The normalized spacial score (nSPS) is 24.2. The van der Waals surface area contributed by atoms with Crippen molar-refractivity contribution < 1.29 is 13.2 Å². The van der Waals surface area contributed by atoms with Crippen LogP contribution in [-0.4, -0.2) is 75.7 Å². The number of pyridine rings is 2. The summed E-state index contributed by atoms with van der Waals surface area (Å²) < 4.78 is 27.4. The molecule has 2 unspecified atom stereocenters. The summed E-state index contributed by atoms with van der Waals surface area (Å²) in [6.45, 7) is 3.86. The summed E-state index contributed by atoms with van der Waals surface area (Å²) in [6, 6.07) is 7.95. The zero-order valence-corrected chi connectivity index (χ0v) is 22.8. The van der Waals surface area contributed by atoms with E-state index in [0.717, 1.165) is 78.7 Å². The molecule has 1 N–H and O–H groups in total. The number of rotatable bonds is 4. The Morgan fingerprint density at radius 3 is 2.37 bits per heavy atom. The Hall–Kier alpha value is -3.24. The standard InChI is InChI=1S/C28H32N6O3S/c1-32-13-19-15-34(16-20(19)14-32)26-23(31-38(3,36)37)10-18(11-30-26)17-5-6-22-21(9-17)25-24(12-29-22)33(2)27(35)28(25)7-4-8-28/h5-6,9-12,19-20,31H,4,7-8,13-16H2,1-3H3. The summed E-state index contributed by atoms with van der Waals surface area (Å²) in [5, 5.41) is 0.982. The van der Waals surface area contributed by atoms with E-state index in [4.69, 9.17) is 4.98 Å². The minimum atomic E-state index is -3.50. The fourth-order valence-electron chi connectivity index (χ4n) is 7.19.